The first kappa shape index (κ1) is 30.3. The number of nitrogens with zero attached hydrogens (tertiary/aromatic N) is 3. The molecule has 0 bridgehead atoms. The Morgan fingerprint density at radius 2 is 1.56 bits per heavy atom. The van der Waals surface area contributed by atoms with Crippen molar-refractivity contribution in [3.05, 3.63) is 180 Å². The van der Waals surface area contributed by atoms with E-state index in [0.29, 0.717) is 5.95 Å². The lowest BCUT2D eigenvalue weighted by molar-refractivity contribution is 0.580. The van der Waals surface area contributed by atoms with Gasteiger partial charge in [0.25, 0.3) is 0 Å². The zero-order valence-corrected chi connectivity index (χ0v) is 29.1. The molecule has 0 amide bonds. The third-order valence-electron chi connectivity index (χ3n) is 10.9. The normalized spacial score (nSPS) is 16.5. The number of allylic oxidation sites excluding steroid dienone is 6. The predicted octanol–water partition coefficient (Wildman–Crippen LogP) is 12.4. The van der Waals surface area contributed by atoms with Crippen LogP contribution in [-0.2, 0) is 5.41 Å². The smallest absolute Gasteiger partial charge is 0.235 e. The lowest BCUT2D eigenvalue weighted by atomic mass is 9.71. The highest BCUT2D eigenvalue weighted by atomic mass is 16.3. The molecule has 1 unspecified atom stereocenters. The third kappa shape index (κ3) is 4.54. The van der Waals surface area contributed by atoms with E-state index in [0.717, 1.165) is 67.1 Å². The van der Waals surface area contributed by atoms with E-state index < -0.39 is 0 Å². The van der Waals surface area contributed by atoms with Gasteiger partial charge in [-0.3, -0.25) is 4.57 Å². The molecule has 248 valence electrons. The maximum atomic E-state index is 6.49. The van der Waals surface area contributed by atoms with E-state index in [9.17, 15) is 0 Å². The summed E-state index contributed by atoms with van der Waals surface area (Å²) in [5.74, 6) is 1.53. The summed E-state index contributed by atoms with van der Waals surface area (Å²) in [5.41, 5.74) is 10.5. The van der Waals surface area contributed by atoms with Gasteiger partial charge in [0, 0.05) is 37.9 Å². The largest absolute Gasteiger partial charge is 0.460 e. The minimum absolute atomic E-state index is 0.246. The molecule has 1 aliphatic carbocycles. The Kier molecular flexibility index (Phi) is 6.71. The molecule has 4 nitrogen and oxygen atoms in total. The van der Waals surface area contributed by atoms with Crippen LogP contribution in [0.25, 0.3) is 77.6 Å². The second-order valence-electron chi connectivity index (χ2n) is 14.1. The van der Waals surface area contributed by atoms with Gasteiger partial charge in [-0.1, -0.05) is 135 Å². The van der Waals surface area contributed by atoms with E-state index in [1.807, 2.05) is 13.0 Å². The molecule has 0 N–H and O–H groups in total. The van der Waals surface area contributed by atoms with Crippen LogP contribution in [-0.4, -0.2) is 14.5 Å². The summed E-state index contributed by atoms with van der Waals surface area (Å²) < 4.78 is 8.75. The Balaban J connectivity index is 1.27. The van der Waals surface area contributed by atoms with Gasteiger partial charge in [0.05, 0.1) is 22.2 Å². The topological polar surface area (TPSA) is 43.9 Å². The fourth-order valence-corrected chi connectivity index (χ4v) is 8.45. The minimum atomic E-state index is -0.246. The third-order valence-corrected chi connectivity index (χ3v) is 10.9. The molecule has 9 aromatic rings. The van der Waals surface area contributed by atoms with Crippen molar-refractivity contribution >= 4 is 71.7 Å². The van der Waals surface area contributed by atoms with Gasteiger partial charge in [-0.05, 0) is 71.3 Å². The predicted molar refractivity (Wildman–Crippen MR) is 217 cm³/mol. The standard InChI is InChI=1S/C48H35N3O/c1-4-5-20-36-30(2)52-46-38-25-24-32-17-14-23-41-43(32)44(38)42(27-39(36)46)51(41)47-49-40-22-13-12-21-37(40)45(50-47)34-26-33(31-15-8-6-9-16-31)28-48(3,29-34)35-18-10-7-11-19-35/h4-28H,1,29H2,2-3H3/b20-5-. The molecule has 0 aliphatic heterocycles. The van der Waals surface area contributed by atoms with Crippen molar-refractivity contribution in [2.75, 3.05) is 0 Å². The zero-order chi connectivity index (χ0) is 35.0. The number of furan rings is 1. The highest BCUT2D eigenvalue weighted by molar-refractivity contribution is 6.29. The highest BCUT2D eigenvalue weighted by Gasteiger charge is 2.32. The maximum absolute atomic E-state index is 6.49. The SMILES string of the molecule is C=C/C=C\c1c(C)oc2c1cc1c3c2ccc2cccc(c23)n1-c1nc(C2=CC(c3ccccc3)=CC(C)(c3ccccc3)C2)c2ccccc2n1. The summed E-state index contributed by atoms with van der Waals surface area (Å²) >= 11 is 0. The molecule has 3 aromatic heterocycles. The van der Waals surface area contributed by atoms with Gasteiger partial charge >= 0.3 is 0 Å². The van der Waals surface area contributed by atoms with Crippen LogP contribution < -0.4 is 0 Å². The Hall–Kier alpha value is -6.52. The van der Waals surface area contributed by atoms with E-state index >= 15 is 0 Å². The Bertz CT molecular complexity index is 2960. The van der Waals surface area contributed by atoms with Crippen molar-refractivity contribution in [2.45, 2.75) is 25.7 Å². The van der Waals surface area contributed by atoms with Crippen LogP contribution in [0.2, 0.25) is 0 Å². The Labute approximate surface area is 301 Å². The van der Waals surface area contributed by atoms with Crippen molar-refractivity contribution in [1.82, 2.24) is 14.5 Å². The number of fused-ring (bicyclic) bond motifs is 3. The number of benzene rings is 6. The summed E-state index contributed by atoms with van der Waals surface area (Å²) in [5, 5.41) is 6.71. The first-order valence-electron chi connectivity index (χ1n) is 17.8. The maximum Gasteiger partial charge on any atom is 0.235 e. The van der Waals surface area contributed by atoms with Crippen molar-refractivity contribution in [3.63, 3.8) is 0 Å². The van der Waals surface area contributed by atoms with Crippen molar-refractivity contribution < 1.29 is 4.42 Å². The van der Waals surface area contributed by atoms with Gasteiger partial charge in [-0.25, -0.2) is 9.97 Å². The van der Waals surface area contributed by atoms with Crippen LogP contribution in [0.1, 0.15) is 41.5 Å². The second-order valence-corrected chi connectivity index (χ2v) is 14.1. The molecule has 0 radical (unpaired) electrons. The van der Waals surface area contributed by atoms with Crippen molar-refractivity contribution in [1.29, 1.82) is 0 Å². The highest BCUT2D eigenvalue weighted by Crippen LogP contribution is 2.46. The number of rotatable bonds is 6. The van der Waals surface area contributed by atoms with Gasteiger partial charge in [-0.15, -0.1) is 0 Å². The molecule has 10 rings (SSSR count). The fraction of sp³-hybridized carbons (Fsp3) is 0.0833. The fourth-order valence-electron chi connectivity index (χ4n) is 8.45. The summed E-state index contributed by atoms with van der Waals surface area (Å²) in [7, 11) is 0. The quantitative estimate of drug-likeness (QED) is 0.131. The van der Waals surface area contributed by atoms with Gasteiger partial charge in [0.1, 0.15) is 11.3 Å². The number of aryl methyl sites for hydroxylation is 1. The molecule has 52 heavy (non-hydrogen) atoms. The summed E-state index contributed by atoms with van der Waals surface area (Å²) in [4.78, 5) is 10.9. The van der Waals surface area contributed by atoms with E-state index in [1.165, 1.54) is 33.0 Å². The molecule has 1 atom stereocenters. The van der Waals surface area contributed by atoms with E-state index in [-0.39, 0.29) is 5.41 Å². The van der Waals surface area contributed by atoms with Crippen LogP contribution in [0.4, 0.5) is 0 Å². The number of aromatic nitrogens is 3. The monoisotopic (exact) mass is 669 g/mol. The summed E-state index contributed by atoms with van der Waals surface area (Å²) in [6.45, 7) is 8.28. The number of hydrogen-bond donors (Lipinski definition) is 0. The molecule has 6 aromatic carbocycles. The first-order valence-corrected chi connectivity index (χ1v) is 17.8. The average Bonchev–Trinajstić information content (AvgIpc) is 3.70. The minimum Gasteiger partial charge on any atom is -0.460 e. The van der Waals surface area contributed by atoms with Gasteiger partial charge in [0.2, 0.25) is 5.95 Å². The summed E-state index contributed by atoms with van der Waals surface area (Å²) in [6.07, 6.45) is 11.4. The summed E-state index contributed by atoms with van der Waals surface area (Å²) in [6, 6.07) is 43.1. The molecule has 0 spiro atoms. The molecule has 3 heterocycles. The van der Waals surface area contributed by atoms with Gasteiger partial charge in [0.15, 0.2) is 0 Å². The lowest BCUT2D eigenvalue weighted by Crippen LogP contribution is -2.23. The first-order chi connectivity index (χ1) is 25.5. The van der Waals surface area contributed by atoms with Gasteiger partial charge in [-0.2, -0.15) is 0 Å². The van der Waals surface area contributed by atoms with E-state index in [4.69, 9.17) is 14.4 Å². The van der Waals surface area contributed by atoms with E-state index in [2.05, 4.69) is 158 Å². The molecule has 0 saturated heterocycles. The average molecular weight is 670 g/mol. The van der Waals surface area contributed by atoms with Crippen LogP contribution in [0.15, 0.2) is 157 Å². The zero-order valence-electron chi connectivity index (χ0n) is 29.1. The molecule has 1 aliphatic rings. The second kappa shape index (κ2) is 11.5. The van der Waals surface area contributed by atoms with Crippen molar-refractivity contribution in [3.8, 4) is 5.95 Å². The molecular formula is C48H35N3O. The number of para-hydroxylation sites is 1. The Morgan fingerprint density at radius 3 is 2.38 bits per heavy atom. The van der Waals surface area contributed by atoms with Gasteiger partial charge < -0.3 is 4.42 Å². The van der Waals surface area contributed by atoms with Crippen LogP contribution in [0, 0.1) is 6.92 Å². The molecular weight excluding hydrogens is 635 g/mol. The molecule has 0 saturated carbocycles. The van der Waals surface area contributed by atoms with Crippen molar-refractivity contribution in [2.24, 2.45) is 0 Å². The molecule has 0 fully saturated rings. The van der Waals surface area contributed by atoms with Crippen LogP contribution in [0.3, 0.4) is 0 Å². The lowest BCUT2D eigenvalue weighted by Gasteiger charge is -2.33. The number of hydrogen-bond acceptors (Lipinski definition) is 3. The van der Waals surface area contributed by atoms with Crippen LogP contribution >= 0.6 is 0 Å². The molecule has 4 heteroatoms. The Morgan fingerprint density at radius 1 is 0.769 bits per heavy atom. The van der Waals surface area contributed by atoms with E-state index in [1.54, 1.807) is 6.08 Å². The van der Waals surface area contributed by atoms with Crippen LogP contribution in [0.5, 0.6) is 0 Å².